The maximum Gasteiger partial charge on any atom is 0.295 e. The zero-order valence-corrected chi connectivity index (χ0v) is 18.3. The van der Waals surface area contributed by atoms with Crippen LogP contribution in [0.15, 0.2) is 42.0 Å². The van der Waals surface area contributed by atoms with Crippen LogP contribution in [0.4, 0.5) is 0 Å². The van der Waals surface area contributed by atoms with Crippen LogP contribution in [0.3, 0.4) is 0 Å². The van der Waals surface area contributed by atoms with Gasteiger partial charge >= 0.3 is 0 Å². The number of ketones is 1. The Labute approximate surface area is 184 Å². The number of carbonyl (C=O) groups excluding carboxylic acids is 2. The van der Waals surface area contributed by atoms with E-state index in [2.05, 4.69) is 0 Å². The lowest BCUT2D eigenvalue weighted by Gasteiger charge is -2.26. The number of ether oxygens (including phenoxy) is 2. The van der Waals surface area contributed by atoms with E-state index in [-0.39, 0.29) is 26.9 Å². The van der Waals surface area contributed by atoms with Crippen LogP contribution in [0.5, 0.6) is 11.5 Å². The zero-order chi connectivity index (χ0) is 22.0. The van der Waals surface area contributed by atoms with Crippen LogP contribution in [0.25, 0.3) is 5.76 Å². The van der Waals surface area contributed by atoms with Gasteiger partial charge in [-0.1, -0.05) is 48.3 Å². The summed E-state index contributed by atoms with van der Waals surface area (Å²) in [5, 5.41) is 11.6. The fraction of sp³-hybridized carbons (Fsp3) is 0.273. The number of methoxy groups -OCH3 is 2. The Morgan fingerprint density at radius 2 is 1.83 bits per heavy atom. The van der Waals surface area contributed by atoms with Crippen molar-refractivity contribution >= 4 is 40.7 Å². The van der Waals surface area contributed by atoms with E-state index in [0.29, 0.717) is 24.3 Å². The molecule has 1 amide bonds. The Morgan fingerprint density at radius 3 is 2.47 bits per heavy atom. The highest BCUT2D eigenvalue weighted by Crippen LogP contribution is 2.45. The number of hydrogen-bond acceptors (Lipinski definition) is 5. The van der Waals surface area contributed by atoms with Gasteiger partial charge in [-0.25, -0.2) is 0 Å². The normalized spacial score (nSPS) is 18.0. The molecular formula is C22H21Cl2NO5. The van der Waals surface area contributed by atoms with Gasteiger partial charge in [0.25, 0.3) is 11.7 Å². The summed E-state index contributed by atoms with van der Waals surface area (Å²) in [7, 11) is 2.89. The van der Waals surface area contributed by atoms with E-state index in [1.807, 2.05) is 6.92 Å². The first kappa shape index (κ1) is 22.0. The Kier molecular flexibility index (Phi) is 6.58. The van der Waals surface area contributed by atoms with Crippen molar-refractivity contribution in [2.45, 2.75) is 19.4 Å². The van der Waals surface area contributed by atoms with E-state index < -0.39 is 23.5 Å². The van der Waals surface area contributed by atoms with Crippen LogP contribution in [-0.2, 0) is 9.59 Å². The van der Waals surface area contributed by atoms with Crippen molar-refractivity contribution in [1.29, 1.82) is 0 Å². The number of carbonyl (C=O) groups is 2. The average molecular weight is 450 g/mol. The highest BCUT2D eigenvalue weighted by molar-refractivity contribution is 6.46. The van der Waals surface area contributed by atoms with Crippen molar-refractivity contribution in [2.24, 2.45) is 0 Å². The quantitative estimate of drug-likeness (QED) is 0.387. The van der Waals surface area contributed by atoms with Gasteiger partial charge in [0.15, 0.2) is 0 Å². The molecule has 1 aliphatic heterocycles. The van der Waals surface area contributed by atoms with Gasteiger partial charge in [0, 0.05) is 17.1 Å². The molecule has 0 aliphatic carbocycles. The van der Waals surface area contributed by atoms with E-state index >= 15 is 0 Å². The number of rotatable bonds is 6. The molecule has 1 saturated heterocycles. The summed E-state index contributed by atoms with van der Waals surface area (Å²) in [6, 6.07) is 9.13. The molecule has 2 aromatic rings. The molecule has 30 heavy (non-hydrogen) atoms. The van der Waals surface area contributed by atoms with Crippen molar-refractivity contribution in [3.05, 3.63) is 63.1 Å². The molecule has 8 heteroatoms. The minimum absolute atomic E-state index is 0.0745. The first-order chi connectivity index (χ1) is 14.3. The zero-order valence-electron chi connectivity index (χ0n) is 16.7. The van der Waals surface area contributed by atoms with Crippen molar-refractivity contribution in [2.75, 3.05) is 20.8 Å². The third kappa shape index (κ3) is 3.73. The molecule has 1 aliphatic rings. The molecule has 6 nitrogen and oxygen atoms in total. The molecule has 158 valence electrons. The lowest BCUT2D eigenvalue weighted by molar-refractivity contribution is -0.139. The second kappa shape index (κ2) is 8.98. The van der Waals surface area contributed by atoms with E-state index in [9.17, 15) is 14.7 Å². The number of benzene rings is 2. The highest BCUT2D eigenvalue weighted by Gasteiger charge is 2.47. The van der Waals surface area contributed by atoms with Crippen LogP contribution in [-0.4, -0.2) is 42.5 Å². The molecule has 2 aromatic carbocycles. The number of aliphatic hydroxyl groups excluding tert-OH is 1. The van der Waals surface area contributed by atoms with E-state index in [0.717, 1.165) is 0 Å². The summed E-state index contributed by atoms with van der Waals surface area (Å²) in [5.74, 6) is -1.26. The number of halogens is 2. The Morgan fingerprint density at radius 1 is 1.13 bits per heavy atom. The Balaban J connectivity index is 2.32. The smallest absolute Gasteiger partial charge is 0.295 e. The van der Waals surface area contributed by atoms with Gasteiger partial charge < -0.3 is 19.5 Å². The lowest BCUT2D eigenvalue weighted by atomic mass is 9.94. The van der Waals surface area contributed by atoms with Crippen molar-refractivity contribution in [3.63, 3.8) is 0 Å². The molecule has 1 heterocycles. The first-order valence-corrected chi connectivity index (χ1v) is 10.1. The number of amides is 1. The summed E-state index contributed by atoms with van der Waals surface area (Å²) in [6.07, 6.45) is 0.630. The van der Waals surface area contributed by atoms with E-state index in [1.165, 1.54) is 31.3 Å². The fourth-order valence-corrected chi connectivity index (χ4v) is 4.23. The number of nitrogens with zero attached hydrogens (tertiary/aromatic N) is 1. The van der Waals surface area contributed by atoms with Crippen LogP contribution in [0, 0.1) is 0 Å². The maximum atomic E-state index is 13.0. The van der Waals surface area contributed by atoms with Gasteiger partial charge in [-0.3, -0.25) is 9.59 Å². The van der Waals surface area contributed by atoms with E-state index in [1.54, 1.807) is 24.3 Å². The molecule has 1 N–H and O–H groups in total. The highest BCUT2D eigenvalue weighted by atomic mass is 35.5. The van der Waals surface area contributed by atoms with Gasteiger partial charge in [0.1, 0.15) is 17.3 Å². The third-order valence-electron chi connectivity index (χ3n) is 4.91. The van der Waals surface area contributed by atoms with Gasteiger partial charge in [0.2, 0.25) is 0 Å². The molecule has 1 unspecified atom stereocenters. The minimum atomic E-state index is -0.830. The summed E-state index contributed by atoms with van der Waals surface area (Å²) >= 11 is 12.3. The minimum Gasteiger partial charge on any atom is -0.507 e. The Bertz CT molecular complexity index is 1030. The first-order valence-electron chi connectivity index (χ1n) is 9.30. The SMILES string of the molecule is CCCN1C(=O)C(=O)/C(=C(/O)c2cc(Cl)cc(Cl)c2OC)C1c1ccccc1OC. The van der Waals surface area contributed by atoms with Gasteiger partial charge in [0.05, 0.1) is 36.4 Å². The standard InChI is InChI=1S/C22H21Cl2NO5/c1-4-9-25-18(13-7-5-6-8-16(13)29-2)17(20(27)22(25)28)19(26)14-10-12(23)11-15(24)21(14)30-3/h5-8,10-11,18,26H,4,9H2,1-3H3/b19-17+. The number of likely N-dealkylation sites (tertiary alicyclic amines) is 1. The van der Waals surface area contributed by atoms with Crippen LogP contribution in [0.1, 0.15) is 30.5 Å². The van der Waals surface area contributed by atoms with Crippen molar-refractivity contribution in [3.8, 4) is 11.5 Å². The molecule has 1 fully saturated rings. The molecule has 1 atom stereocenters. The summed E-state index contributed by atoms with van der Waals surface area (Å²) in [4.78, 5) is 27.3. The number of aliphatic hydroxyl groups is 1. The van der Waals surface area contributed by atoms with Crippen molar-refractivity contribution < 1.29 is 24.2 Å². The molecule has 0 aromatic heterocycles. The van der Waals surface area contributed by atoms with E-state index in [4.69, 9.17) is 32.7 Å². The Hall–Kier alpha value is -2.70. The number of Topliss-reactive ketones (excluding diaryl/α,β-unsaturated/α-hetero) is 1. The monoisotopic (exact) mass is 449 g/mol. The molecule has 0 radical (unpaired) electrons. The predicted octanol–water partition coefficient (Wildman–Crippen LogP) is 4.84. The second-order valence-electron chi connectivity index (χ2n) is 6.70. The predicted molar refractivity (Wildman–Crippen MR) is 115 cm³/mol. The average Bonchev–Trinajstić information content (AvgIpc) is 2.97. The van der Waals surface area contributed by atoms with Gasteiger partial charge in [-0.2, -0.15) is 0 Å². The summed E-state index contributed by atoms with van der Waals surface area (Å²) in [6.45, 7) is 2.23. The molecular weight excluding hydrogens is 429 g/mol. The molecule has 0 spiro atoms. The lowest BCUT2D eigenvalue weighted by Crippen LogP contribution is -2.30. The van der Waals surface area contributed by atoms with Gasteiger partial charge in [-0.15, -0.1) is 0 Å². The maximum absolute atomic E-state index is 13.0. The van der Waals surface area contributed by atoms with Crippen LogP contribution >= 0.6 is 23.2 Å². The molecule has 0 saturated carbocycles. The van der Waals surface area contributed by atoms with Gasteiger partial charge in [-0.05, 0) is 24.6 Å². The largest absolute Gasteiger partial charge is 0.507 e. The van der Waals surface area contributed by atoms with Crippen LogP contribution < -0.4 is 9.47 Å². The second-order valence-corrected chi connectivity index (χ2v) is 7.55. The van der Waals surface area contributed by atoms with Crippen LogP contribution in [0.2, 0.25) is 10.0 Å². The summed E-state index contributed by atoms with van der Waals surface area (Å²) < 4.78 is 10.8. The summed E-state index contributed by atoms with van der Waals surface area (Å²) in [5.41, 5.74) is 0.639. The fourth-order valence-electron chi connectivity index (χ4n) is 3.66. The molecule has 3 rings (SSSR count). The number of hydrogen-bond donors (Lipinski definition) is 1. The molecule has 0 bridgehead atoms. The number of para-hydroxylation sites is 1. The van der Waals surface area contributed by atoms with Crippen molar-refractivity contribution in [1.82, 2.24) is 4.90 Å². The topological polar surface area (TPSA) is 76.1 Å². The third-order valence-corrected chi connectivity index (χ3v) is 5.40.